The number of aromatic hydroxyl groups is 1. The fraction of sp³-hybridized carbons (Fsp3) is 0.400. The third-order valence-corrected chi connectivity index (χ3v) is 2.06. The average Bonchev–Trinajstić information content (AvgIpc) is 2.17. The molecule has 0 fully saturated rings. The Morgan fingerprint density at radius 3 is 2.79 bits per heavy atom. The zero-order chi connectivity index (χ0) is 10.6. The van der Waals surface area contributed by atoms with Crippen molar-refractivity contribution in [3.63, 3.8) is 0 Å². The summed E-state index contributed by atoms with van der Waals surface area (Å²) in [5.41, 5.74) is 6.60. The van der Waals surface area contributed by atoms with E-state index in [9.17, 15) is 5.11 Å². The predicted molar refractivity (Wildman–Crippen MR) is 53.3 cm³/mol. The average molecular weight is 197 g/mol. The maximum atomic E-state index is 9.21. The van der Waals surface area contributed by atoms with Gasteiger partial charge in [0.1, 0.15) is 11.5 Å². The fourth-order valence-electron chi connectivity index (χ4n) is 1.30. The second-order valence-electron chi connectivity index (χ2n) is 3.05. The summed E-state index contributed by atoms with van der Waals surface area (Å²) in [6.07, 6.45) is 0.473. The van der Waals surface area contributed by atoms with E-state index in [-0.39, 0.29) is 18.4 Å². The molecule has 0 bridgehead atoms. The molecule has 78 valence electrons. The molecule has 0 aliphatic rings. The Balaban J connectivity index is 2.95. The second-order valence-corrected chi connectivity index (χ2v) is 3.05. The van der Waals surface area contributed by atoms with Crippen molar-refractivity contribution in [2.45, 2.75) is 12.5 Å². The van der Waals surface area contributed by atoms with Crippen LogP contribution in [0.5, 0.6) is 11.5 Å². The number of hydrogen-bond acceptors (Lipinski definition) is 4. The van der Waals surface area contributed by atoms with E-state index in [1.807, 2.05) is 0 Å². The van der Waals surface area contributed by atoms with Crippen molar-refractivity contribution in [2.24, 2.45) is 5.73 Å². The molecular formula is C10H15NO3. The number of aliphatic hydroxyl groups is 1. The first-order valence-electron chi connectivity index (χ1n) is 4.42. The highest BCUT2D eigenvalue weighted by molar-refractivity contribution is 5.41. The largest absolute Gasteiger partial charge is 0.508 e. The van der Waals surface area contributed by atoms with Crippen LogP contribution in [-0.4, -0.2) is 23.9 Å². The maximum Gasteiger partial charge on any atom is 0.127 e. The first kappa shape index (κ1) is 10.8. The molecular weight excluding hydrogens is 182 g/mol. The molecule has 0 saturated heterocycles. The molecule has 0 aliphatic heterocycles. The van der Waals surface area contributed by atoms with Crippen LogP contribution in [0.4, 0.5) is 0 Å². The number of benzene rings is 1. The van der Waals surface area contributed by atoms with Gasteiger partial charge in [-0.2, -0.15) is 0 Å². The summed E-state index contributed by atoms with van der Waals surface area (Å²) >= 11 is 0. The normalized spacial score (nSPS) is 12.5. The van der Waals surface area contributed by atoms with Gasteiger partial charge in [0.25, 0.3) is 0 Å². The van der Waals surface area contributed by atoms with Crippen LogP contribution in [0.1, 0.15) is 18.0 Å². The Kier molecular flexibility index (Phi) is 3.73. The van der Waals surface area contributed by atoms with Crippen LogP contribution < -0.4 is 10.5 Å². The summed E-state index contributed by atoms with van der Waals surface area (Å²) in [5, 5.41) is 18.0. The number of methoxy groups -OCH3 is 1. The Hall–Kier alpha value is -1.26. The van der Waals surface area contributed by atoms with Crippen molar-refractivity contribution in [1.82, 2.24) is 0 Å². The van der Waals surface area contributed by atoms with Crippen LogP contribution in [0.25, 0.3) is 0 Å². The van der Waals surface area contributed by atoms with E-state index in [1.165, 1.54) is 13.2 Å². The molecule has 4 N–H and O–H groups in total. The minimum absolute atomic E-state index is 0.0329. The molecule has 0 aliphatic carbocycles. The van der Waals surface area contributed by atoms with Gasteiger partial charge in [-0.15, -0.1) is 0 Å². The van der Waals surface area contributed by atoms with Crippen LogP contribution in [-0.2, 0) is 0 Å². The first-order valence-corrected chi connectivity index (χ1v) is 4.42. The van der Waals surface area contributed by atoms with Gasteiger partial charge in [0.2, 0.25) is 0 Å². The van der Waals surface area contributed by atoms with Gasteiger partial charge in [0, 0.05) is 24.3 Å². The molecule has 0 heterocycles. The van der Waals surface area contributed by atoms with Gasteiger partial charge in [-0.3, -0.25) is 0 Å². The van der Waals surface area contributed by atoms with Gasteiger partial charge in [0.05, 0.1) is 7.11 Å². The van der Waals surface area contributed by atoms with Crippen molar-refractivity contribution >= 4 is 0 Å². The van der Waals surface area contributed by atoms with E-state index in [0.29, 0.717) is 12.2 Å². The lowest BCUT2D eigenvalue weighted by atomic mass is 10.0. The number of ether oxygens (including phenoxy) is 1. The summed E-state index contributed by atoms with van der Waals surface area (Å²) < 4.78 is 5.07. The first-order chi connectivity index (χ1) is 6.69. The fourth-order valence-corrected chi connectivity index (χ4v) is 1.30. The lowest BCUT2D eigenvalue weighted by Crippen LogP contribution is -2.12. The van der Waals surface area contributed by atoms with Crippen molar-refractivity contribution in [1.29, 1.82) is 0 Å². The zero-order valence-corrected chi connectivity index (χ0v) is 8.10. The topological polar surface area (TPSA) is 75.7 Å². The quantitative estimate of drug-likeness (QED) is 0.666. The van der Waals surface area contributed by atoms with E-state index in [0.717, 1.165) is 5.56 Å². The van der Waals surface area contributed by atoms with Crippen LogP contribution in [0.2, 0.25) is 0 Å². The van der Waals surface area contributed by atoms with Crippen molar-refractivity contribution < 1.29 is 14.9 Å². The maximum absolute atomic E-state index is 9.21. The van der Waals surface area contributed by atoms with E-state index in [4.69, 9.17) is 15.6 Å². The molecule has 0 amide bonds. The number of aliphatic hydroxyl groups excluding tert-OH is 1. The van der Waals surface area contributed by atoms with Crippen LogP contribution >= 0.6 is 0 Å². The molecule has 1 aromatic carbocycles. The number of hydrogen-bond donors (Lipinski definition) is 3. The van der Waals surface area contributed by atoms with E-state index < -0.39 is 0 Å². The number of phenols is 1. The standard InChI is InChI=1S/C10H15NO3/c1-14-10-6-7(13)2-3-8(10)9(11)4-5-12/h2-3,6,9,12-13H,4-5,11H2,1H3/t9-/m0/s1. The molecule has 0 saturated carbocycles. The molecule has 14 heavy (non-hydrogen) atoms. The van der Waals surface area contributed by atoms with Crippen LogP contribution in [0.15, 0.2) is 18.2 Å². The number of rotatable bonds is 4. The van der Waals surface area contributed by atoms with Crippen molar-refractivity contribution in [3.05, 3.63) is 23.8 Å². The highest BCUT2D eigenvalue weighted by Gasteiger charge is 2.11. The Morgan fingerprint density at radius 2 is 2.21 bits per heavy atom. The monoisotopic (exact) mass is 197 g/mol. The highest BCUT2D eigenvalue weighted by atomic mass is 16.5. The van der Waals surface area contributed by atoms with E-state index in [1.54, 1.807) is 12.1 Å². The SMILES string of the molecule is COc1cc(O)ccc1[C@@H](N)CCO. The predicted octanol–water partition coefficient (Wildman–Crippen LogP) is 0.783. The van der Waals surface area contributed by atoms with Crippen molar-refractivity contribution in [2.75, 3.05) is 13.7 Å². The lowest BCUT2D eigenvalue weighted by molar-refractivity contribution is 0.275. The highest BCUT2D eigenvalue weighted by Crippen LogP contribution is 2.28. The van der Waals surface area contributed by atoms with Gasteiger partial charge in [0.15, 0.2) is 0 Å². The molecule has 1 atom stereocenters. The second kappa shape index (κ2) is 4.83. The van der Waals surface area contributed by atoms with Gasteiger partial charge < -0.3 is 20.7 Å². The summed E-state index contributed by atoms with van der Waals surface area (Å²) in [6.45, 7) is 0.0329. The molecule has 0 radical (unpaired) electrons. The van der Waals surface area contributed by atoms with Crippen LogP contribution in [0, 0.1) is 0 Å². The van der Waals surface area contributed by atoms with Crippen LogP contribution in [0.3, 0.4) is 0 Å². The molecule has 0 spiro atoms. The lowest BCUT2D eigenvalue weighted by Gasteiger charge is -2.14. The third kappa shape index (κ3) is 2.37. The Labute approximate surface area is 82.9 Å². The number of phenolic OH excluding ortho intramolecular Hbond substituents is 1. The minimum Gasteiger partial charge on any atom is -0.508 e. The van der Waals surface area contributed by atoms with Gasteiger partial charge in [-0.25, -0.2) is 0 Å². The zero-order valence-electron chi connectivity index (χ0n) is 8.10. The molecule has 0 unspecified atom stereocenters. The summed E-state index contributed by atoms with van der Waals surface area (Å²) in [7, 11) is 1.52. The minimum atomic E-state index is -0.268. The third-order valence-electron chi connectivity index (χ3n) is 2.06. The molecule has 1 aromatic rings. The number of nitrogens with two attached hydrogens (primary N) is 1. The summed E-state index contributed by atoms with van der Waals surface area (Å²) in [6, 6.07) is 4.49. The summed E-state index contributed by atoms with van der Waals surface area (Å²) in [5.74, 6) is 0.688. The Morgan fingerprint density at radius 1 is 1.50 bits per heavy atom. The molecule has 4 nitrogen and oxygen atoms in total. The molecule has 1 rings (SSSR count). The molecule has 4 heteroatoms. The van der Waals surface area contributed by atoms with Gasteiger partial charge in [-0.05, 0) is 12.5 Å². The van der Waals surface area contributed by atoms with E-state index in [2.05, 4.69) is 0 Å². The summed E-state index contributed by atoms with van der Waals surface area (Å²) in [4.78, 5) is 0. The Bertz CT molecular complexity index is 301. The smallest absolute Gasteiger partial charge is 0.127 e. The molecule has 0 aromatic heterocycles. The van der Waals surface area contributed by atoms with Gasteiger partial charge >= 0.3 is 0 Å². The van der Waals surface area contributed by atoms with Gasteiger partial charge in [-0.1, -0.05) is 6.07 Å². The van der Waals surface area contributed by atoms with E-state index >= 15 is 0 Å². The van der Waals surface area contributed by atoms with Crippen molar-refractivity contribution in [3.8, 4) is 11.5 Å².